The van der Waals surface area contributed by atoms with Crippen LogP contribution in [0.3, 0.4) is 0 Å². The van der Waals surface area contributed by atoms with E-state index in [2.05, 4.69) is 20.8 Å². The SMILES string of the molecule is O=C1CCC(C(=O)OCn2nnc3ccccc3c2=O)=NN1. The van der Waals surface area contributed by atoms with Crippen molar-refractivity contribution in [3.8, 4) is 0 Å². The summed E-state index contributed by atoms with van der Waals surface area (Å²) in [6.07, 6.45) is 0.368. The average molecular weight is 301 g/mol. The topological polar surface area (TPSA) is 116 Å². The van der Waals surface area contributed by atoms with Crippen LogP contribution in [0.5, 0.6) is 0 Å². The molecule has 2 heterocycles. The van der Waals surface area contributed by atoms with Gasteiger partial charge in [-0.3, -0.25) is 9.59 Å². The number of hydrazone groups is 1. The number of carbonyl (C=O) groups excluding carboxylic acids is 2. The fraction of sp³-hybridized carbons (Fsp3) is 0.231. The van der Waals surface area contributed by atoms with Crippen LogP contribution in [-0.2, 0) is 21.1 Å². The Hall–Kier alpha value is -3.10. The van der Waals surface area contributed by atoms with E-state index in [-0.39, 0.29) is 31.2 Å². The molecule has 1 amide bonds. The van der Waals surface area contributed by atoms with Gasteiger partial charge in [0.05, 0.1) is 5.39 Å². The normalized spacial score (nSPS) is 14.4. The van der Waals surface area contributed by atoms with E-state index >= 15 is 0 Å². The van der Waals surface area contributed by atoms with Crippen molar-refractivity contribution < 1.29 is 14.3 Å². The summed E-state index contributed by atoms with van der Waals surface area (Å²) in [5.74, 6) is -0.963. The Morgan fingerprint density at radius 1 is 1.27 bits per heavy atom. The predicted molar refractivity (Wildman–Crippen MR) is 74.7 cm³/mol. The number of carbonyl (C=O) groups is 2. The highest BCUT2D eigenvalue weighted by Crippen LogP contribution is 2.04. The lowest BCUT2D eigenvalue weighted by molar-refractivity contribution is -0.140. The van der Waals surface area contributed by atoms with E-state index in [0.29, 0.717) is 10.9 Å². The fourth-order valence-corrected chi connectivity index (χ4v) is 1.93. The molecular formula is C13H11N5O4. The number of nitrogens with zero attached hydrogens (tertiary/aromatic N) is 4. The number of benzene rings is 1. The van der Waals surface area contributed by atoms with Gasteiger partial charge in [-0.2, -0.15) is 9.78 Å². The Morgan fingerprint density at radius 2 is 2.09 bits per heavy atom. The maximum atomic E-state index is 12.1. The van der Waals surface area contributed by atoms with Crippen LogP contribution in [0, 0.1) is 0 Å². The lowest BCUT2D eigenvalue weighted by atomic mass is 10.2. The van der Waals surface area contributed by atoms with Gasteiger partial charge in [0.15, 0.2) is 6.73 Å². The molecule has 0 fully saturated rings. The molecule has 0 bridgehead atoms. The number of ether oxygens (including phenoxy) is 1. The molecule has 0 saturated carbocycles. The molecule has 0 spiro atoms. The zero-order valence-electron chi connectivity index (χ0n) is 11.4. The van der Waals surface area contributed by atoms with E-state index in [4.69, 9.17) is 4.74 Å². The van der Waals surface area contributed by atoms with Crippen molar-refractivity contribution in [2.45, 2.75) is 19.6 Å². The number of nitrogens with one attached hydrogen (secondary N) is 1. The quantitative estimate of drug-likeness (QED) is 0.768. The molecular weight excluding hydrogens is 290 g/mol. The van der Waals surface area contributed by atoms with Crippen LogP contribution >= 0.6 is 0 Å². The van der Waals surface area contributed by atoms with Crippen LogP contribution in [0.4, 0.5) is 0 Å². The maximum Gasteiger partial charge on any atom is 0.356 e. The van der Waals surface area contributed by atoms with Crippen LogP contribution in [0.2, 0.25) is 0 Å². The highest BCUT2D eigenvalue weighted by atomic mass is 16.5. The zero-order valence-corrected chi connectivity index (χ0v) is 11.4. The fourth-order valence-electron chi connectivity index (χ4n) is 1.93. The molecule has 112 valence electrons. The van der Waals surface area contributed by atoms with Crippen molar-refractivity contribution in [2.75, 3.05) is 0 Å². The van der Waals surface area contributed by atoms with E-state index in [1.54, 1.807) is 24.3 Å². The highest BCUT2D eigenvalue weighted by Gasteiger charge is 2.20. The minimum Gasteiger partial charge on any atom is -0.438 e. The third kappa shape index (κ3) is 2.68. The van der Waals surface area contributed by atoms with Crippen molar-refractivity contribution in [1.29, 1.82) is 0 Å². The Bertz CT molecular complexity index is 842. The second-order valence-corrected chi connectivity index (χ2v) is 4.57. The summed E-state index contributed by atoms with van der Waals surface area (Å²) >= 11 is 0. The molecule has 1 aromatic carbocycles. The molecule has 22 heavy (non-hydrogen) atoms. The molecule has 1 aliphatic rings. The molecule has 1 N–H and O–H groups in total. The number of aromatic nitrogens is 3. The van der Waals surface area contributed by atoms with Crippen molar-refractivity contribution in [3.63, 3.8) is 0 Å². The first-order valence-electron chi connectivity index (χ1n) is 6.50. The predicted octanol–water partition coefficient (Wildman–Crippen LogP) is -0.442. The van der Waals surface area contributed by atoms with E-state index in [9.17, 15) is 14.4 Å². The molecule has 0 saturated heterocycles. The maximum absolute atomic E-state index is 12.1. The van der Waals surface area contributed by atoms with Gasteiger partial charge in [-0.25, -0.2) is 10.2 Å². The van der Waals surface area contributed by atoms with Crippen molar-refractivity contribution in [1.82, 2.24) is 20.4 Å². The highest BCUT2D eigenvalue weighted by molar-refractivity contribution is 6.37. The monoisotopic (exact) mass is 301 g/mol. The summed E-state index contributed by atoms with van der Waals surface area (Å²) in [6, 6.07) is 6.74. The summed E-state index contributed by atoms with van der Waals surface area (Å²) in [7, 11) is 0. The minimum absolute atomic E-state index is 0.0985. The number of esters is 1. The summed E-state index contributed by atoms with van der Waals surface area (Å²) < 4.78 is 5.92. The minimum atomic E-state index is -0.707. The molecule has 1 aromatic heterocycles. The van der Waals surface area contributed by atoms with Gasteiger partial charge in [-0.1, -0.05) is 17.3 Å². The number of rotatable bonds is 3. The van der Waals surface area contributed by atoms with E-state index < -0.39 is 11.5 Å². The Balaban J connectivity index is 1.74. The third-order valence-corrected chi connectivity index (χ3v) is 3.09. The first-order chi connectivity index (χ1) is 10.6. The Morgan fingerprint density at radius 3 is 2.86 bits per heavy atom. The molecule has 2 aromatic rings. The van der Waals surface area contributed by atoms with Gasteiger partial charge in [0.25, 0.3) is 5.56 Å². The largest absolute Gasteiger partial charge is 0.438 e. The smallest absolute Gasteiger partial charge is 0.356 e. The molecule has 9 heteroatoms. The van der Waals surface area contributed by atoms with Crippen LogP contribution in [0.25, 0.3) is 10.9 Å². The second kappa shape index (κ2) is 5.72. The third-order valence-electron chi connectivity index (χ3n) is 3.09. The molecule has 0 unspecified atom stereocenters. The average Bonchev–Trinajstić information content (AvgIpc) is 2.55. The number of amides is 1. The van der Waals surface area contributed by atoms with Gasteiger partial charge in [0, 0.05) is 12.8 Å². The molecule has 9 nitrogen and oxygen atoms in total. The first kappa shape index (κ1) is 13.9. The number of hydrogen-bond donors (Lipinski definition) is 1. The standard InChI is InChI=1S/C13H11N5O4/c19-11-6-5-10(14-16-11)13(21)22-7-18-12(20)8-3-1-2-4-9(8)15-17-18/h1-4H,5-7H2,(H,16,19). The number of fused-ring (bicyclic) bond motifs is 1. The second-order valence-electron chi connectivity index (χ2n) is 4.57. The Kier molecular flexibility index (Phi) is 3.60. The zero-order chi connectivity index (χ0) is 15.5. The molecule has 1 aliphatic heterocycles. The summed E-state index contributed by atoms with van der Waals surface area (Å²) in [5.41, 5.74) is 2.36. The first-order valence-corrected chi connectivity index (χ1v) is 6.50. The Labute approximate surface area is 123 Å². The van der Waals surface area contributed by atoms with Gasteiger partial charge < -0.3 is 4.74 Å². The van der Waals surface area contributed by atoms with E-state index in [1.807, 2.05) is 0 Å². The van der Waals surface area contributed by atoms with Gasteiger partial charge >= 0.3 is 5.97 Å². The lowest BCUT2D eigenvalue weighted by Crippen LogP contribution is -2.32. The summed E-state index contributed by atoms with van der Waals surface area (Å²) in [6.45, 7) is -0.373. The van der Waals surface area contributed by atoms with Gasteiger partial charge in [-0.05, 0) is 12.1 Å². The van der Waals surface area contributed by atoms with Crippen molar-refractivity contribution in [2.24, 2.45) is 5.10 Å². The summed E-state index contributed by atoms with van der Waals surface area (Å²) in [4.78, 5) is 34.9. The van der Waals surface area contributed by atoms with Gasteiger partial charge in [0.2, 0.25) is 5.91 Å². The molecule has 0 atom stereocenters. The van der Waals surface area contributed by atoms with E-state index in [1.165, 1.54) is 0 Å². The number of hydrogen-bond acceptors (Lipinski definition) is 7. The van der Waals surface area contributed by atoms with Crippen LogP contribution in [0.1, 0.15) is 12.8 Å². The van der Waals surface area contributed by atoms with Crippen molar-refractivity contribution >= 4 is 28.5 Å². The van der Waals surface area contributed by atoms with Gasteiger partial charge in [0.1, 0.15) is 11.2 Å². The molecule has 0 radical (unpaired) electrons. The molecule has 3 rings (SSSR count). The summed E-state index contributed by atoms with van der Waals surface area (Å²) in [5, 5.41) is 11.6. The van der Waals surface area contributed by atoms with Gasteiger partial charge in [-0.15, -0.1) is 5.10 Å². The lowest BCUT2D eigenvalue weighted by Gasteiger charge is -2.11. The van der Waals surface area contributed by atoms with Crippen molar-refractivity contribution in [3.05, 3.63) is 34.6 Å². The van der Waals surface area contributed by atoms with Crippen LogP contribution < -0.4 is 11.0 Å². The van der Waals surface area contributed by atoms with E-state index in [0.717, 1.165) is 4.68 Å². The molecule has 0 aliphatic carbocycles. The van der Waals surface area contributed by atoms with Crippen LogP contribution in [0.15, 0.2) is 34.2 Å². The van der Waals surface area contributed by atoms with Crippen LogP contribution in [-0.4, -0.2) is 32.6 Å².